The lowest BCUT2D eigenvalue weighted by molar-refractivity contribution is -0.0440. The molecule has 0 radical (unpaired) electrons. The lowest BCUT2D eigenvalue weighted by Gasteiger charge is -2.34. The lowest BCUT2D eigenvalue weighted by atomic mass is 10.2. The molecule has 0 N–H and O–H groups in total. The fourth-order valence-corrected chi connectivity index (χ4v) is 4.56. The summed E-state index contributed by atoms with van der Waals surface area (Å²) in [6, 6.07) is 8.74. The number of rotatable bonds is 2. The molecular formula is C15H18N2O3S. The summed E-state index contributed by atoms with van der Waals surface area (Å²) in [7, 11) is -3.54. The van der Waals surface area contributed by atoms with Crippen molar-refractivity contribution in [3.63, 3.8) is 0 Å². The minimum Gasteiger partial charge on any atom is -0.373 e. The molecular weight excluding hydrogens is 288 g/mol. The predicted octanol–water partition coefficient (Wildman–Crippen LogP) is 2.03. The van der Waals surface area contributed by atoms with Gasteiger partial charge in [0.25, 0.3) is 0 Å². The molecule has 2 heterocycles. The summed E-state index contributed by atoms with van der Waals surface area (Å²) in [4.78, 5) is 4.54. The van der Waals surface area contributed by atoms with Gasteiger partial charge in [-0.05, 0) is 38.1 Å². The molecule has 2 aromatic rings. The lowest BCUT2D eigenvalue weighted by Crippen LogP contribution is -2.48. The van der Waals surface area contributed by atoms with Gasteiger partial charge in [0.2, 0.25) is 10.0 Å². The summed E-state index contributed by atoms with van der Waals surface area (Å²) < 4.78 is 33.0. The molecule has 6 heteroatoms. The molecule has 1 aliphatic heterocycles. The van der Waals surface area contributed by atoms with Crippen molar-refractivity contribution < 1.29 is 13.2 Å². The molecule has 21 heavy (non-hydrogen) atoms. The number of hydrogen-bond acceptors (Lipinski definition) is 4. The first-order chi connectivity index (χ1) is 9.98. The van der Waals surface area contributed by atoms with Crippen molar-refractivity contribution in [2.75, 3.05) is 13.1 Å². The topological polar surface area (TPSA) is 59.5 Å². The Morgan fingerprint density at radius 1 is 1.14 bits per heavy atom. The maximum absolute atomic E-state index is 12.9. The highest BCUT2D eigenvalue weighted by Gasteiger charge is 2.33. The zero-order valence-corrected chi connectivity index (χ0v) is 12.9. The van der Waals surface area contributed by atoms with E-state index in [9.17, 15) is 8.42 Å². The zero-order chi connectivity index (χ0) is 15.0. The van der Waals surface area contributed by atoms with Crippen molar-refractivity contribution >= 4 is 20.9 Å². The second-order valence-corrected chi connectivity index (χ2v) is 7.31. The monoisotopic (exact) mass is 306 g/mol. The number of aromatic nitrogens is 1. The van der Waals surface area contributed by atoms with Crippen molar-refractivity contribution in [2.45, 2.75) is 31.0 Å². The van der Waals surface area contributed by atoms with Gasteiger partial charge in [-0.3, -0.25) is 4.98 Å². The van der Waals surface area contributed by atoms with Gasteiger partial charge in [0.05, 0.1) is 22.6 Å². The highest BCUT2D eigenvalue weighted by molar-refractivity contribution is 7.89. The Bertz CT molecular complexity index is 745. The van der Waals surface area contributed by atoms with Gasteiger partial charge in [0.1, 0.15) is 0 Å². The van der Waals surface area contributed by atoms with E-state index in [-0.39, 0.29) is 12.2 Å². The Morgan fingerprint density at radius 2 is 1.86 bits per heavy atom. The number of pyridine rings is 1. The van der Waals surface area contributed by atoms with Crippen LogP contribution >= 0.6 is 0 Å². The Balaban J connectivity index is 2.08. The molecule has 3 rings (SSSR count). The molecule has 2 atom stereocenters. The van der Waals surface area contributed by atoms with E-state index < -0.39 is 10.0 Å². The molecule has 0 bridgehead atoms. The quantitative estimate of drug-likeness (QED) is 0.852. The van der Waals surface area contributed by atoms with E-state index in [1.165, 1.54) is 4.31 Å². The van der Waals surface area contributed by atoms with Gasteiger partial charge >= 0.3 is 0 Å². The van der Waals surface area contributed by atoms with Gasteiger partial charge in [0.15, 0.2) is 0 Å². The molecule has 1 fully saturated rings. The number of fused-ring (bicyclic) bond motifs is 1. The van der Waals surface area contributed by atoms with Crippen LogP contribution in [0.2, 0.25) is 0 Å². The first-order valence-electron chi connectivity index (χ1n) is 6.98. The summed E-state index contributed by atoms with van der Waals surface area (Å²) in [6.45, 7) is 4.54. The standard InChI is InChI=1S/C15H18N2O3S/c1-11-9-17(10-12(2)20-11)21(18,19)15-7-3-6-14-13(15)5-4-8-16-14/h3-8,11-12H,9-10H2,1-2H3/t11-,12+. The van der Waals surface area contributed by atoms with Gasteiger partial charge in [0, 0.05) is 24.7 Å². The van der Waals surface area contributed by atoms with Gasteiger partial charge in [-0.15, -0.1) is 0 Å². The average Bonchev–Trinajstić information content (AvgIpc) is 2.45. The Morgan fingerprint density at radius 3 is 2.57 bits per heavy atom. The molecule has 1 aromatic heterocycles. The SMILES string of the molecule is C[C@@H]1CN(S(=O)(=O)c2cccc3ncccc23)C[C@H](C)O1. The number of sulfonamides is 1. The first-order valence-corrected chi connectivity index (χ1v) is 8.42. The third kappa shape index (κ3) is 2.66. The fraction of sp³-hybridized carbons (Fsp3) is 0.400. The molecule has 1 aliphatic rings. The zero-order valence-electron chi connectivity index (χ0n) is 12.1. The van der Waals surface area contributed by atoms with Crippen LogP contribution < -0.4 is 0 Å². The normalized spacial score (nSPS) is 24.3. The smallest absolute Gasteiger partial charge is 0.243 e. The Hall–Kier alpha value is -1.50. The first kappa shape index (κ1) is 14.4. The van der Waals surface area contributed by atoms with Gasteiger partial charge < -0.3 is 4.74 Å². The fourth-order valence-electron chi connectivity index (χ4n) is 2.77. The average molecular weight is 306 g/mol. The second kappa shape index (κ2) is 5.36. The third-order valence-electron chi connectivity index (χ3n) is 3.61. The van der Waals surface area contributed by atoms with E-state index in [0.717, 1.165) is 0 Å². The third-order valence-corrected chi connectivity index (χ3v) is 5.50. The van der Waals surface area contributed by atoms with E-state index in [4.69, 9.17) is 4.74 Å². The predicted molar refractivity (Wildman–Crippen MR) is 80.5 cm³/mol. The van der Waals surface area contributed by atoms with Crippen LogP contribution in [0.1, 0.15) is 13.8 Å². The molecule has 5 nitrogen and oxygen atoms in total. The number of ether oxygens (including phenoxy) is 1. The molecule has 1 aromatic carbocycles. The van der Waals surface area contributed by atoms with Crippen molar-refractivity contribution in [3.8, 4) is 0 Å². The highest BCUT2D eigenvalue weighted by Crippen LogP contribution is 2.26. The van der Waals surface area contributed by atoms with Gasteiger partial charge in [-0.1, -0.05) is 6.07 Å². The van der Waals surface area contributed by atoms with E-state index in [1.807, 2.05) is 19.9 Å². The number of nitrogens with zero attached hydrogens (tertiary/aromatic N) is 2. The summed E-state index contributed by atoms with van der Waals surface area (Å²) in [5.41, 5.74) is 0.688. The Kier molecular flexibility index (Phi) is 3.69. The van der Waals surface area contributed by atoms with Crippen LogP contribution in [0.5, 0.6) is 0 Å². The molecule has 0 amide bonds. The largest absolute Gasteiger partial charge is 0.373 e. The van der Waals surface area contributed by atoms with Gasteiger partial charge in [-0.2, -0.15) is 4.31 Å². The van der Waals surface area contributed by atoms with E-state index in [1.54, 1.807) is 30.5 Å². The maximum atomic E-state index is 12.9. The Labute approximate surface area is 124 Å². The number of hydrogen-bond donors (Lipinski definition) is 0. The molecule has 0 unspecified atom stereocenters. The number of morpholine rings is 1. The van der Waals surface area contributed by atoms with E-state index in [0.29, 0.717) is 28.9 Å². The van der Waals surface area contributed by atoms with Crippen molar-refractivity contribution in [1.29, 1.82) is 0 Å². The van der Waals surface area contributed by atoms with Crippen LogP contribution in [0.25, 0.3) is 10.9 Å². The van der Waals surface area contributed by atoms with Crippen LogP contribution in [-0.2, 0) is 14.8 Å². The summed E-state index contributed by atoms with van der Waals surface area (Å²) >= 11 is 0. The maximum Gasteiger partial charge on any atom is 0.243 e. The number of benzene rings is 1. The van der Waals surface area contributed by atoms with Crippen LogP contribution in [0.4, 0.5) is 0 Å². The van der Waals surface area contributed by atoms with Crippen LogP contribution in [0, 0.1) is 0 Å². The molecule has 0 spiro atoms. The molecule has 0 aliphatic carbocycles. The summed E-state index contributed by atoms with van der Waals surface area (Å²) in [6.07, 6.45) is 1.46. The van der Waals surface area contributed by atoms with Crippen molar-refractivity contribution in [2.24, 2.45) is 0 Å². The highest BCUT2D eigenvalue weighted by atomic mass is 32.2. The summed E-state index contributed by atoms with van der Waals surface area (Å²) in [5.74, 6) is 0. The van der Waals surface area contributed by atoms with Crippen LogP contribution in [0.15, 0.2) is 41.4 Å². The molecule has 1 saturated heterocycles. The minimum atomic E-state index is -3.54. The second-order valence-electron chi connectivity index (χ2n) is 5.41. The summed E-state index contributed by atoms with van der Waals surface area (Å²) in [5, 5.41) is 0.659. The van der Waals surface area contributed by atoms with Crippen molar-refractivity contribution in [3.05, 3.63) is 36.5 Å². The van der Waals surface area contributed by atoms with E-state index >= 15 is 0 Å². The van der Waals surface area contributed by atoms with Crippen LogP contribution in [0.3, 0.4) is 0 Å². The minimum absolute atomic E-state index is 0.100. The van der Waals surface area contributed by atoms with Crippen molar-refractivity contribution in [1.82, 2.24) is 9.29 Å². The van der Waals surface area contributed by atoms with E-state index in [2.05, 4.69) is 4.98 Å². The molecule has 112 valence electrons. The van der Waals surface area contributed by atoms with Gasteiger partial charge in [-0.25, -0.2) is 8.42 Å². The van der Waals surface area contributed by atoms with Crippen LogP contribution in [-0.4, -0.2) is 43.0 Å². The molecule has 0 saturated carbocycles.